The molecule has 0 aliphatic heterocycles. The van der Waals surface area contributed by atoms with E-state index in [1.807, 2.05) is 31.2 Å². The summed E-state index contributed by atoms with van der Waals surface area (Å²) < 4.78 is 10.1. The molecule has 1 aromatic rings. The SMILES string of the molecule is CCOC(=O)CCNC(=O)C(c1cccc(C)c1)N(C(=O)CNC(=O)OC(C)(C)C)C1CCC1. The first kappa shape index (κ1) is 27.1. The maximum absolute atomic E-state index is 13.3. The number of hydrogen-bond acceptors (Lipinski definition) is 6. The van der Waals surface area contributed by atoms with Crippen LogP contribution >= 0.6 is 0 Å². The van der Waals surface area contributed by atoms with Crippen LogP contribution in [0.15, 0.2) is 24.3 Å². The average molecular weight is 476 g/mol. The molecule has 1 aromatic carbocycles. The topological polar surface area (TPSA) is 114 Å². The van der Waals surface area contributed by atoms with Gasteiger partial charge in [0.15, 0.2) is 0 Å². The van der Waals surface area contributed by atoms with E-state index < -0.39 is 23.7 Å². The Hall–Kier alpha value is -3.10. The average Bonchev–Trinajstić information content (AvgIpc) is 2.69. The second kappa shape index (κ2) is 12.4. The lowest BCUT2D eigenvalue weighted by Gasteiger charge is -2.42. The van der Waals surface area contributed by atoms with Crippen molar-refractivity contribution < 1.29 is 28.7 Å². The lowest BCUT2D eigenvalue weighted by Crippen LogP contribution is -2.54. The van der Waals surface area contributed by atoms with Gasteiger partial charge in [0.25, 0.3) is 0 Å². The van der Waals surface area contributed by atoms with Crippen LogP contribution in [0, 0.1) is 6.92 Å². The second-order valence-corrected chi connectivity index (χ2v) is 9.40. The summed E-state index contributed by atoms with van der Waals surface area (Å²) in [5.74, 6) is -1.15. The molecule has 1 atom stereocenters. The predicted molar refractivity (Wildman–Crippen MR) is 127 cm³/mol. The number of benzene rings is 1. The van der Waals surface area contributed by atoms with Crippen molar-refractivity contribution >= 4 is 23.9 Å². The molecule has 1 saturated carbocycles. The van der Waals surface area contributed by atoms with Crippen LogP contribution in [0.4, 0.5) is 4.79 Å². The first-order chi connectivity index (χ1) is 16.0. The van der Waals surface area contributed by atoms with Crippen LogP contribution in [0.1, 0.15) is 70.5 Å². The van der Waals surface area contributed by atoms with Crippen molar-refractivity contribution in [1.82, 2.24) is 15.5 Å². The highest BCUT2D eigenvalue weighted by Gasteiger charge is 2.38. The van der Waals surface area contributed by atoms with E-state index in [0.29, 0.717) is 5.56 Å². The summed E-state index contributed by atoms with van der Waals surface area (Å²) in [7, 11) is 0. The number of esters is 1. The molecule has 188 valence electrons. The molecule has 0 radical (unpaired) electrons. The highest BCUT2D eigenvalue weighted by molar-refractivity contribution is 5.91. The van der Waals surface area contributed by atoms with Crippen molar-refractivity contribution in [1.29, 1.82) is 0 Å². The van der Waals surface area contributed by atoms with Gasteiger partial charge in [-0.2, -0.15) is 0 Å². The Balaban J connectivity index is 2.22. The number of aryl methyl sites for hydroxylation is 1. The van der Waals surface area contributed by atoms with E-state index in [2.05, 4.69) is 10.6 Å². The molecule has 9 heteroatoms. The van der Waals surface area contributed by atoms with E-state index in [4.69, 9.17) is 9.47 Å². The Morgan fingerprint density at radius 2 is 1.85 bits per heavy atom. The number of nitrogens with one attached hydrogen (secondary N) is 2. The predicted octanol–water partition coefficient (Wildman–Crippen LogP) is 3.01. The van der Waals surface area contributed by atoms with Crippen LogP contribution in [-0.4, -0.2) is 60.1 Å². The van der Waals surface area contributed by atoms with Gasteiger partial charge in [0, 0.05) is 12.6 Å². The third-order valence-corrected chi connectivity index (χ3v) is 5.36. The molecule has 1 aliphatic carbocycles. The largest absolute Gasteiger partial charge is 0.466 e. The third-order valence-electron chi connectivity index (χ3n) is 5.36. The van der Waals surface area contributed by atoms with E-state index in [0.717, 1.165) is 24.8 Å². The van der Waals surface area contributed by atoms with Crippen LogP contribution in [0.2, 0.25) is 0 Å². The number of hydrogen-bond donors (Lipinski definition) is 2. The Bertz CT molecular complexity index is 876. The Morgan fingerprint density at radius 1 is 1.15 bits per heavy atom. The maximum atomic E-state index is 13.3. The maximum Gasteiger partial charge on any atom is 0.408 e. The third kappa shape index (κ3) is 8.35. The van der Waals surface area contributed by atoms with Gasteiger partial charge in [0.2, 0.25) is 11.8 Å². The Labute approximate surface area is 201 Å². The van der Waals surface area contributed by atoms with E-state index >= 15 is 0 Å². The number of amides is 3. The van der Waals surface area contributed by atoms with Crippen molar-refractivity contribution in [3.8, 4) is 0 Å². The molecule has 34 heavy (non-hydrogen) atoms. The van der Waals surface area contributed by atoms with E-state index in [1.165, 1.54) is 0 Å². The minimum Gasteiger partial charge on any atom is -0.466 e. The van der Waals surface area contributed by atoms with Gasteiger partial charge >= 0.3 is 12.1 Å². The highest BCUT2D eigenvalue weighted by Crippen LogP contribution is 2.33. The summed E-state index contributed by atoms with van der Waals surface area (Å²) >= 11 is 0. The van der Waals surface area contributed by atoms with E-state index in [1.54, 1.807) is 32.6 Å². The quantitative estimate of drug-likeness (QED) is 0.503. The molecule has 9 nitrogen and oxygen atoms in total. The zero-order chi connectivity index (χ0) is 25.3. The van der Waals surface area contributed by atoms with Crippen molar-refractivity contribution in [3.63, 3.8) is 0 Å². The number of ether oxygens (including phenoxy) is 2. The summed E-state index contributed by atoms with van der Waals surface area (Å²) in [4.78, 5) is 52.0. The second-order valence-electron chi connectivity index (χ2n) is 9.40. The van der Waals surface area contributed by atoms with Crippen molar-refractivity contribution in [2.75, 3.05) is 19.7 Å². The van der Waals surface area contributed by atoms with Crippen LogP contribution in [0.3, 0.4) is 0 Å². The highest BCUT2D eigenvalue weighted by atomic mass is 16.6. The molecule has 0 bridgehead atoms. The summed E-state index contributed by atoms with van der Waals surface area (Å²) in [6, 6.07) is 6.43. The minimum atomic E-state index is -0.889. The summed E-state index contributed by atoms with van der Waals surface area (Å²) in [5, 5.41) is 5.28. The fourth-order valence-corrected chi connectivity index (χ4v) is 3.67. The normalized spacial score (nSPS) is 14.4. The summed E-state index contributed by atoms with van der Waals surface area (Å²) in [6.45, 7) is 8.94. The zero-order valence-corrected chi connectivity index (χ0v) is 20.8. The smallest absolute Gasteiger partial charge is 0.408 e. The molecule has 2 N–H and O–H groups in total. The number of nitrogens with zero attached hydrogens (tertiary/aromatic N) is 1. The molecule has 2 rings (SSSR count). The first-order valence-electron chi connectivity index (χ1n) is 11.8. The van der Waals surface area contributed by atoms with Crippen molar-refractivity contribution in [2.24, 2.45) is 0 Å². The summed E-state index contributed by atoms with van der Waals surface area (Å²) in [5.41, 5.74) is 0.935. The Morgan fingerprint density at radius 3 is 2.41 bits per heavy atom. The fourth-order valence-electron chi connectivity index (χ4n) is 3.67. The lowest BCUT2D eigenvalue weighted by molar-refractivity contribution is -0.146. The van der Waals surface area contributed by atoms with Crippen molar-refractivity contribution in [2.45, 2.75) is 78.0 Å². The van der Waals surface area contributed by atoms with Crippen LogP contribution in [0.5, 0.6) is 0 Å². The van der Waals surface area contributed by atoms with Gasteiger partial charge in [-0.1, -0.05) is 29.8 Å². The molecular weight excluding hydrogens is 438 g/mol. The van der Waals surface area contributed by atoms with Gasteiger partial charge in [-0.15, -0.1) is 0 Å². The van der Waals surface area contributed by atoms with Gasteiger partial charge in [-0.3, -0.25) is 14.4 Å². The monoisotopic (exact) mass is 475 g/mol. The van der Waals surface area contributed by atoms with Gasteiger partial charge in [-0.05, 0) is 59.4 Å². The Kier molecular flexibility index (Phi) is 9.89. The number of alkyl carbamates (subject to hydrolysis) is 1. The molecule has 0 aromatic heterocycles. The minimum absolute atomic E-state index is 0.0394. The molecule has 1 fully saturated rings. The van der Waals surface area contributed by atoms with Gasteiger partial charge in [0.1, 0.15) is 18.2 Å². The van der Waals surface area contributed by atoms with Crippen LogP contribution < -0.4 is 10.6 Å². The standard InChI is InChI=1S/C25H37N3O6/c1-6-33-21(30)13-14-26-23(31)22(18-10-7-9-17(2)15-18)28(19-11-8-12-19)20(29)16-27-24(32)34-25(3,4)5/h7,9-10,15,19,22H,6,8,11-14,16H2,1-5H3,(H,26,31)(H,27,32). The zero-order valence-electron chi connectivity index (χ0n) is 20.8. The molecule has 3 amide bonds. The lowest BCUT2D eigenvalue weighted by atomic mass is 9.88. The molecule has 0 spiro atoms. The van der Waals surface area contributed by atoms with Gasteiger partial charge in [-0.25, -0.2) is 4.79 Å². The summed E-state index contributed by atoms with van der Waals surface area (Å²) in [6.07, 6.45) is 1.85. The molecular formula is C25H37N3O6. The number of carbonyl (C=O) groups is 4. The van der Waals surface area contributed by atoms with Gasteiger partial charge in [0.05, 0.1) is 13.0 Å². The van der Waals surface area contributed by atoms with E-state index in [9.17, 15) is 19.2 Å². The van der Waals surface area contributed by atoms with Gasteiger partial charge < -0.3 is 25.0 Å². The molecule has 0 saturated heterocycles. The first-order valence-corrected chi connectivity index (χ1v) is 11.8. The molecule has 1 aliphatic rings. The molecule has 0 heterocycles. The number of rotatable bonds is 10. The number of carbonyl (C=O) groups excluding carboxylic acids is 4. The van der Waals surface area contributed by atoms with Crippen molar-refractivity contribution in [3.05, 3.63) is 35.4 Å². The van der Waals surface area contributed by atoms with Crippen LogP contribution in [-0.2, 0) is 23.9 Å². The fraction of sp³-hybridized carbons (Fsp3) is 0.600. The molecule has 1 unspecified atom stereocenters. The van der Waals surface area contributed by atoms with Crippen LogP contribution in [0.25, 0.3) is 0 Å². The van der Waals surface area contributed by atoms with E-state index in [-0.39, 0.29) is 44.0 Å².